The van der Waals surface area contributed by atoms with Gasteiger partial charge in [0.1, 0.15) is 5.75 Å². The zero-order valence-electron chi connectivity index (χ0n) is 15.1. The lowest BCUT2D eigenvalue weighted by atomic mass is 9.78. The minimum atomic E-state index is -4.35. The molecule has 2 aromatic rings. The average Bonchev–Trinajstić information content (AvgIpc) is 3.01. The highest BCUT2D eigenvalue weighted by Gasteiger charge is 2.48. The standard InChI is InChI=1S/C19H21F3N2O2S/c1-11-16(12-7-9-13(26-2)10-8-12)23-18(27-11)24-17(25)14-5-3-4-6-15(14)19(20,21)22/h7-10,14-15H,3-6H2,1-2H3,(H,23,24,25)/t14-,15-/m1/s1. The van der Waals surface area contributed by atoms with E-state index in [1.807, 2.05) is 31.2 Å². The van der Waals surface area contributed by atoms with Crippen molar-refractivity contribution in [2.75, 3.05) is 12.4 Å². The monoisotopic (exact) mass is 398 g/mol. The van der Waals surface area contributed by atoms with Crippen LogP contribution >= 0.6 is 11.3 Å². The molecule has 1 amide bonds. The van der Waals surface area contributed by atoms with Gasteiger partial charge < -0.3 is 10.1 Å². The van der Waals surface area contributed by atoms with Gasteiger partial charge in [-0.3, -0.25) is 4.79 Å². The summed E-state index contributed by atoms with van der Waals surface area (Å²) in [4.78, 5) is 17.8. The first-order chi connectivity index (χ1) is 12.8. The summed E-state index contributed by atoms with van der Waals surface area (Å²) in [5, 5.41) is 2.94. The van der Waals surface area contributed by atoms with Crippen LogP contribution in [0.25, 0.3) is 11.3 Å². The lowest BCUT2D eigenvalue weighted by Gasteiger charge is -2.31. The van der Waals surface area contributed by atoms with Crippen molar-refractivity contribution >= 4 is 22.4 Å². The van der Waals surface area contributed by atoms with E-state index >= 15 is 0 Å². The number of thiazole rings is 1. The summed E-state index contributed by atoms with van der Waals surface area (Å²) >= 11 is 1.26. The number of aryl methyl sites for hydroxylation is 1. The lowest BCUT2D eigenvalue weighted by Crippen LogP contribution is -2.39. The molecule has 0 aliphatic heterocycles. The Labute approximate surface area is 159 Å². The second-order valence-corrected chi connectivity index (χ2v) is 7.88. The third kappa shape index (κ3) is 4.43. The molecule has 1 aliphatic carbocycles. The van der Waals surface area contributed by atoms with Crippen LogP contribution in [0.2, 0.25) is 0 Å². The van der Waals surface area contributed by atoms with E-state index in [2.05, 4.69) is 10.3 Å². The fourth-order valence-corrected chi connectivity index (χ4v) is 4.34. The maximum absolute atomic E-state index is 13.2. The summed E-state index contributed by atoms with van der Waals surface area (Å²) in [6.45, 7) is 1.87. The number of ether oxygens (including phenoxy) is 1. The van der Waals surface area contributed by atoms with Gasteiger partial charge in [-0.15, -0.1) is 11.3 Å². The van der Waals surface area contributed by atoms with Gasteiger partial charge >= 0.3 is 6.18 Å². The van der Waals surface area contributed by atoms with Crippen LogP contribution in [-0.2, 0) is 4.79 Å². The van der Waals surface area contributed by atoms with Crippen LogP contribution < -0.4 is 10.1 Å². The fourth-order valence-electron chi connectivity index (χ4n) is 3.50. The molecular weight excluding hydrogens is 377 g/mol. The molecule has 2 atom stereocenters. The molecule has 8 heteroatoms. The van der Waals surface area contributed by atoms with Crippen LogP contribution in [0.4, 0.5) is 18.3 Å². The van der Waals surface area contributed by atoms with Crippen molar-refractivity contribution in [3.63, 3.8) is 0 Å². The Hall–Kier alpha value is -2.09. The number of benzene rings is 1. The van der Waals surface area contributed by atoms with Crippen LogP contribution in [0, 0.1) is 18.8 Å². The minimum absolute atomic E-state index is 0.00951. The SMILES string of the molecule is COc1ccc(-c2nc(NC(=O)[C@@H]3CCCC[C@H]3C(F)(F)F)sc2C)cc1. The number of hydrogen-bond acceptors (Lipinski definition) is 4. The Morgan fingerprint density at radius 1 is 1.22 bits per heavy atom. The summed E-state index contributed by atoms with van der Waals surface area (Å²) in [6, 6.07) is 7.32. The van der Waals surface area contributed by atoms with Gasteiger partial charge in [0.2, 0.25) is 5.91 Å². The zero-order chi connectivity index (χ0) is 19.6. The van der Waals surface area contributed by atoms with Crippen LogP contribution in [0.1, 0.15) is 30.6 Å². The summed E-state index contributed by atoms with van der Waals surface area (Å²) in [6.07, 6.45) is -2.94. The van der Waals surface area contributed by atoms with E-state index in [1.165, 1.54) is 11.3 Å². The molecule has 27 heavy (non-hydrogen) atoms. The van der Waals surface area contributed by atoms with Gasteiger partial charge in [0.05, 0.1) is 18.7 Å². The normalized spacial score (nSPS) is 20.3. The molecule has 0 radical (unpaired) electrons. The second-order valence-electron chi connectivity index (χ2n) is 6.68. The number of aromatic nitrogens is 1. The van der Waals surface area contributed by atoms with Crippen LogP contribution in [0.3, 0.4) is 0 Å². The Morgan fingerprint density at radius 3 is 2.52 bits per heavy atom. The quantitative estimate of drug-likeness (QED) is 0.747. The van der Waals surface area contributed by atoms with Crippen molar-refractivity contribution in [3.8, 4) is 17.0 Å². The third-order valence-electron chi connectivity index (χ3n) is 4.91. The van der Waals surface area contributed by atoms with Gasteiger partial charge in [-0.2, -0.15) is 13.2 Å². The molecule has 1 aliphatic rings. The average molecular weight is 398 g/mol. The number of methoxy groups -OCH3 is 1. The fraction of sp³-hybridized carbons (Fsp3) is 0.474. The predicted octanol–water partition coefficient (Wildman–Crippen LogP) is 5.43. The molecular formula is C19H21F3N2O2S. The number of nitrogens with zero attached hydrogens (tertiary/aromatic N) is 1. The number of amides is 1. The number of hydrogen-bond donors (Lipinski definition) is 1. The molecule has 0 bridgehead atoms. The van der Waals surface area contributed by atoms with Crippen LogP contribution in [-0.4, -0.2) is 24.2 Å². The molecule has 0 unspecified atom stereocenters. The smallest absolute Gasteiger partial charge is 0.392 e. The van der Waals surface area contributed by atoms with Gasteiger partial charge in [0, 0.05) is 16.4 Å². The summed E-state index contributed by atoms with van der Waals surface area (Å²) in [7, 11) is 1.58. The Balaban J connectivity index is 1.76. The lowest BCUT2D eigenvalue weighted by molar-refractivity contribution is -0.197. The molecule has 1 heterocycles. The molecule has 4 nitrogen and oxygen atoms in total. The number of alkyl halides is 3. The van der Waals surface area contributed by atoms with Crippen molar-refractivity contribution in [2.24, 2.45) is 11.8 Å². The Kier molecular flexibility index (Phi) is 5.74. The maximum atomic E-state index is 13.2. The van der Waals surface area contributed by atoms with Gasteiger partial charge in [-0.25, -0.2) is 4.98 Å². The molecule has 0 spiro atoms. The highest BCUT2D eigenvalue weighted by atomic mass is 32.1. The van der Waals surface area contributed by atoms with E-state index in [0.29, 0.717) is 23.7 Å². The number of carbonyl (C=O) groups excluding carboxylic acids is 1. The first kappa shape index (κ1) is 19.7. The number of rotatable bonds is 4. The summed E-state index contributed by atoms with van der Waals surface area (Å²) in [5.74, 6) is -2.50. The van der Waals surface area contributed by atoms with Crippen molar-refractivity contribution in [3.05, 3.63) is 29.1 Å². The first-order valence-corrected chi connectivity index (χ1v) is 9.60. The molecule has 3 rings (SSSR count). The molecule has 146 valence electrons. The predicted molar refractivity (Wildman–Crippen MR) is 99.0 cm³/mol. The highest BCUT2D eigenvalue weighted by molar-refractivity contribution is 7.16. The van der Waals surface area contributed by atoms with Crippen LogP contribution in [0.15, 0.2) is 24.3 Å². The maximum Gasteiger partial charge on any atom is 0.392 e. The van der Waals surface area contributed by atoms with E-state index in [9.17, 15) is 18.0 Å². The van der Waals surface area contributed by atoms with Crippen molar-refractivity contribution in [1.82, 2.24) is 4.98 Å². The molecule has 1 N–H and O–H groups in total. The van der Waals surface area contributed by atoms with E-state index in [-0.39, 0.29) is 12.8 Å². The largest absolute Gasteiger partial charge is 0.497 e. The van der Waals surface area contributed by atoms with Gasteiger partial charge in [-0.05, 0) is 44.0 Å². The number of anilines is 1. The Morgan fingerprint density at radius 2 is 1.89 bits per heavy atom. The first-order valence-electron chi connectivity index (χ1n) is 8.79. The molecule has 1 saturated carbocycles. The van der Waals surface area contributed by atoms with Crippen molar-refractivity contribution in [1.29, 1.82) is 0 Å². The van der Waals surface area contributed by atoms with E-state index < -0.39 is 23.9 Å². The highest BCUT2D eigenvalue weighted by Crippen LogP contribution is 2.42. The molecule has 1 aromatic heterocycles. The zero-order valence-corrected chi connectivity index (χ0v) is 15.9. The van der Waals surface area contributed by atoms with E-state index in [1.54, 1.807) is 7.11 Å². The molecule has 0 saturated heterocycles. The van der Waals surface area contributed by atoms with E-state index in [4.69, 9.17) is 4.74 Å². The Bertz CT molecular complexity index is 802. The summed E-state index contributed by atoms with van der Waals surface area (Å²) in [5.41, 5.74) is 1.56. The number of nitrogens with one attached hydrogen (secondary N) is 1. The van der Waals surface area contributed by atoms with Gasteiger partial charge in [0.15, 0.2) is 5.13 Å². The molecule has 1 fully saturated rings. The second kappa shape index (κ2) is 7.88. The molecule has 1 aromatic carbocycles. The number of carbonyl (C=O) groups is 1. The minimum Gasteiger partial charge on any atom is -0.497 e. The van der Waals surface area contributed by atoms with Crippen LogP contribution in [0.5, 0.6) is 5.75 Å². The third-order valence-corrected chi connectivity index (χ3v) is 5.80. The number of halogens is 3. The van der Waals surface area contributed by atoms with Gasteiger partial charge in [0.25, 0.3) is 0 Å². The van der Waals surface area contributed by atoms with Crippen molar-refractivity contribution in [2.45, 2.75) is 38.8 Å². The topological polar surface area (TPSA) is 51.2 Å². The van der Waals surface area contributed by atoms with Gasteiger partial charge in [-0.1, -0.05) is 12.8 Å². The van der Waals surface area contributed by atoms with E-state index in [0.717, 1.165) is 16.2 Å². The van der Waals surface area contributed by atoms with Crippen molar-refractivity contribution < 1.29 is 22.7 Å². The summed E-state index contributed by atoms with van der Waals surface area (Å²) < 4.78 is 44.8.